The molecule has 0 unspecified atom stereocenters. The van der Waals surface area contributed by atoms with Crippen LogP contribution in [0.3, 0.4) is 0 Å². The second-order valence-corrected chi connectivity index (χ2v) is 13.9. The molecule has 1 saturated carbocycles. The van der Waals surface area contributed by atoms with E-state index in [1.54, 1.807) is 6.33 Å². The summed E-state index contributed by atoms with van der Waals surface area (Å²) in [4.78, 5) is 40.4. The van der Waals surface area contributed by atoms with E-state index < -0.39 is 23.0 Å². The molecule has 4 heterocycles. The molecular weight excluding hydrogens is 600 g/mol. The average molecular weight is 642 g/mol. The van der Waals surface area contributed by atoms with E-state index in [4.69, 9.17) is 4.98 Å². The molecular formula is C36H41F2N7O2. The lowest BCUT2D eigenvalue weighted by Crippen LogP contribution is -2.57. The molecule has 2 aromatic heterocycles. The van der Waals surface area contributed by atoms with E-state index in [1.165, 1.54) is 26.3 Å². The highest BCUT2D eigenvalue weighted by Gasteiger charge is 2.50. The van der Waals surface area contributed by atoms with Crippen LogP contribution in [0.2, 0.25) is 0 Å². The summed E-state index contributed by atoms with van der Waals surface area (Å²) in [6.07, 6.45) is 7.44. The van der Waals surface area contributed by atoms with Gasteiger partial charge in [-0.25, -0.2) is 18.7 Å². The number of fused-ring (bicyclic) bond motifs is 2. The third kappa shape index (κ3) is 5.24. The Balaban J connectivity index is 1.28. The summed E-state index contributed by atoms with van der Waals surface area (Å²) in [5.41, 5.74) is 3.54. The Labute approximate surface area is 273 Å². The molecule has 1 aliphatic carbocycles. The van der Waals surface area contributed by atoms with Crippen molar-refractivity contribution in [3.8, 4) is 11.3 Å². The van der Waals surface area contributed by atoms with E-state index in [0.717, 1.165) is 48.8 Å². The number of hydrogen-bond acceptors (Lipinski definition) is 6. The predicted octanol–water partition coefficient (Wildman–Crippen LogP) is 6.70. The van der Waals surface area contributed by atoms with Gasteiger partial charge in [-0.05, 0) is 90.2 Å². The van der Waals surface area contributed by atoms with Crippen molar-refractivity contribution in [3.05, 3.63) is 65.5 Å². The Morgan fingerprint density at radius 1 is 1.00 bits per heavy atom. The van der Waals surface area contributed by atoms with Gasteiger partial charge in [0.05, 0.1) is 34.2 Å². The molecule has 11 heteroatoms. The summed E-state index contributed by atoms with van der Waals surface area (Å²) in [7, 11) is 1.39. The van der Waals surface area contributed by atoms with Crippen LogP contribution in [-0.4, -0.2) is 63.5 Å². The normalized spacial score (nSPS) is 20.9. The number of benzene rings is 2. The van der Waals surface area contributed by atoms with E-state index in [1.807, 2.05) is 61.4 Å². The standard InChI is InChI=1S/C36H41F2N7O2/c1-20(2)44-19-40-30-18-28(41-33(32(30)44)42-29-16-24(34(46)39-5)26(37)17-27(29)38)21-9-10-25-31(13-21)45(35(47)36(25,3)4)23-14-22(15-23)43-11-7-6-8-12-43/h9-10,13,16-20,22-23H,6-8,11-12,14-15H2,1-5H3,(H,39,46)(H,41,42). The number of piperidine rings is 1. The van der Waals surface area contributed by atoms with Crippen LogP contribution < -0.4 is 15.5 Å². The average Bonchev–Trinajstić information content (AvgIpc) is 3.55. The summed E-state index contributed by atoms with van der Waals surface area (Å²) in [6, 6.07) is 10.4. The molecule has 1 saturated heterocycles. The molecule has 2 aromatic carbocycles. The highest BCUT2D eigenvalue weighted by atomic mass is 19.1. The molecule has 2 aliphatic heterocycles. The molecule has 4 aromatic rings. The van der Waals surface area contributed by atoms with Crippen molar-refractivity contribution in [2.45, 2.75) is 83.3 Å². The van der Waals surface area contributed by atoms with Crippen molar-refractivity contribution in [3.63, 3.8) is 0 Å². The number of hydrogen-bond donors (Lipinski definition) is 2. The molecule has 7 rings (SSSR count). The summed E-state index contributed by atoms with van der Waals surface area (Å²) >= 11 is 0. The second kappa shape index (κ2) is 11.7. The molecule has 9 nitrogen and oxygen atoms in total. The monoisotopic (exact) mass is 641 g/mol. The maximum Gasteiger partial charge on any atom is 0.254 e. The first kappa shape index (κ1) is 31.2. The van der Waals surface area contributed by atoms with Crippen molar-refractivity contribution >= 4 is 40.0 Å². The molecule has 0 bridgehead atoms. The van der Waals surface area contributed by atoms with Crippen LogP contribution in [-0.2, 0) is 10.2 Å². The van der Waals surface area contributed by atoms with Gasteiger partial charge >= 0.3 is 0 Å². The number of carbonyl (C=O) groups is 2. The molecule has 3 aliphatic rings. The van der Waals surface area contributed by atoms with Gasteiger partial charge in [0.25, 0.3) is 5.91 Å². The third-order valence-corrected chi connectivity index (χ3v) is 10.2. The molecule has 47 heavy (non-hydrogen) atoms. The van der Waals surface area contributed by atoms with Gasteiger partial charge < -0.3 is 25.0 Å². The number of imidazole rings is 1. The van der Waals surface area contributed by atoms with Crippen molar-refractivity contribution < 1.29 is 18.4 Å². The molecule has 2 amide bonds. The lowest BCUT2D eigenvalue weighted by atomic mass is 9.82. The predicted molar refractivity (Wildman–Crippen MR) is 179 cm³/mol. The van der Waals surface area contributed by atoms with Gasteiger partial charge in [0, 0.05) is 42.5 Å². The number of amides is 2. The smallest absolute Gasteiger partial charge is 0.254 e. The lowest BCUT2D eigenvalue weighted by Gasteiger charge is -2.48. The fraction of sp³-hybridized carbons (Fsp3) is 0.444. The summed E-state index contributed by atoms with van der Waals surface area (Å²) in [5, 5.41) is 5.44. The fourth-order valence-electron chi connectivity index (χ4n) is 7.43. The van der Waals surface area contributed by atoms with Crippen LogP contribution in [0.25, 0.3) is 22.3 Å². The first-order valence-corrected chi connectivity index (χ1v) is 16.6. The third-order valence-electron chi connectivity index (χ3n) is 10.2. The zero-order valence-electron chi connectivity index (χ0n) is 27.5. The van der Waals surface area contributed by atoms with Crippen LogP contribution in [0, 0.1) is 11.6 Å². The Morgan fingerprint density at radius 2 is 1.74 bits per heavy atom. The Morgan fingerprint density at radius 3 is 2.45 bits per heavy atom. The number of anilines is 3. The number of aromatic nitrogens is 3. The van der Waals surface area contributed by atoms with E-state index >= 15 is 4.39 Å². The van der Waals surface area contributed by atoms with Crippen molar-refractivity contribution in [1.82, 2.24) is 24.8 Å². The van der Waals surface area contributed by atoms with Crippen LogP contribution in [0.1, 0.15) is 81.8 Å². The molecule has 2 N–H and O–H groups in total. The quantitative estimate of drug-likeness (QED) is 0.233. The van der Waals surface area contributed by atoms with E-state index in [0.29, 0.717) is 34.7 Å². The van der Waals surface area contributed by atoms with Crippen LogP contribution in [0.15, 0.2) is 42.7 Å². The van der Waals surface area contributed by atoms with Gasteiger partial charge in [0.15, 0.2) is 5.82 Å². The van der Waals surface area contributed by atoms with Crippen LogP contribution in [0.4, 0.5) is 26.0 Å². The molecule has 0 spiro atoms. The minimum Gasteiger partial charge on any atom is -0.355 e. The van der Waals surface area contributed by atoms with Gasteiger partial charge in [0.2, 0.25) is 5.91 Å². The van der Waals surface area contributed by atoms with Crippen molar-refractivity contribution in [2.24, 2.45) is 0 Å². The number of rotatable bonds is 7. The zero-order chi connectivity index (χ0) is 33.2. The number of likely N-dealkylation sites (tertiary alicyclic amines) is 1. The van der Waals surface area contributed by atoms with E-state index in [-0.39, 0.29) is 29.2 Å². The first-order chi connectivity index (χ1) is 22.5. The number of nitrogens with one attached hydrogen (secondary N) is 2. The minimum atomic E-state index is -0.958. The van der Waals surface area contributed by atoms with Gasteiger partial charge in [-0.15, -0.1) is 0 Å². The van der Waals surface area contributed by atoms with Crippen LogP contribution in [0.5, 0.6) is 0 Å². The van der Waals surface area contributed by atoms with Crippen molar-refractivity contribution in [2.75, 3.05) is 30.4 Å². The van der Waals surface area contributed by atoms with Gasteiger partial charge in [-0.2, -0.15) is 0 Å². The molecule has 2 fully saturated rings. The van der Waals surface area contributed by atoms with E-state index in [9.17, 15) is 14.0 Å². The van der Waals surface area contributed by atoms with Gasteiger partial charge in [0.1, 0.15) is 17.2 Å². The zero-order valence-corrected chi connectivity index (χ0v) is 27.5. The number of nitrogens with zero attached hydrogens (tertiary/aromatic N) is 5. The highest BCUT2D eigenvalue weighted by molar-refractivity contribution is 6.09. The maximum atomic E-state index is 15.1. The lowest BCUT2D eigenvalue weighted by molar-refractivity contribution is -0.123. The number of pyridine rings is 1. The summed E-state index contributed by atoms with van der Waals surface area (Å²) < 4.78 is 31.6. The summed E-state index contributed by atoms with van der Waals surface area (Å²) in [6.45, 7) is 10.3. The highest BCUT2D eigenvalue weighted by Crippen LogP contribution is 2.48. The molecule has 246 valence electrons. The van der Waals surface area contributed by atoms with E-state index in [2.05, 4.69) is 20.5 Å². The summed E-state index contributed by atoms with van der Waals surface area (Å²) in [5.74, 6) is -2.05. The van der Waals surface area contributed by atoms with Gasteiger partial charge in [-0.1, -0.05) is 18.6 Å². The number of carbonyl (C=O) groups excluding carboxylic acids is 2. The van der Waals surface area contributed by atoms with Crippen LogP contribution >= 0.6 is 0 Å². The second-order valence-electron chi connectivity index (χ2n) is 13.9. The Hall–Kier alpha value is -4.38. The largest absolute Gasteiger partial charge is 0.355 e. The minimum absolute atomic E-state index is 0.0192. The maximum absolute atomic E-state index is 15.1. The fourth-order valence-corrected chi connectivity index (χ4v) is 7.43. The molecule has 0 atom stereocenters. The SMILES string of the molecule is CNC(=O)c1cc(Nc2nc(-c3ccc4c(c3)N(C3CC(N5CCCCC5)C3)C(=O)C4(C)C)cc3ncn(C(C)C)c23)c(F)cc1F. The topological polar surface area (TPSA) is 95.4 Å². The van der Waals surface area contributed by atoms with Crippen molar-refractivity contribution in [1.29, 1.82) is 0 Å². The Kier molecular flexibility index (Phi) is 7.77. The molecule has 0 radical (unpaired) electrons. The van der Waals surface area contributed by atoms with Gasteiger partial charge in [-0.3, -0.25) is 9.59 Å². The Bertz CT molecular complexity index is 1890. The first-order valence-electron chi connectivity index (χ1n) is 16.6. The number of halogens is 2.